The topological polar surface area (TPSA) is 42.0 Å². The monoisotopic (exact) mass is 258 g/mol. The molecule has 1 amide bonds. The van der Waals surface area contributed by atoms with Gasteiger partial charge in [-0.1, -0.05) is 13.3 Å². The van der Waals surface area contributed by atoms with E-state index in [0.717, 1.165) is 10.6 Å². The normalized spacial score (nSPS) is 12.4. The van der Waals surface area contributed by atoms with E-state index in [0.29, 0.717) is 5.13 Å². The molecule has 0 spiro atoms. The molecule has 0 aromatic carbocycles. The molecule has 1 atom stereocenters. The molecule has 0 bridgehead atoms. The molecule has 0 radical (unpaired) electrons. The summed E-state index contributed by atoms with van der Waals surface area (Å²) in [4.78, 5) is 17.0. The van der Waals surface area contributed by atoms with E-state index in [1.54, 1.807) is 18.0 Å². The molecule has 1 N–H and O–H groups in total. The number of carbonyl (C=O) groups excluding carboxylic acids is 1. The van der Waals surface area contributed by atoms with Gasteiger partial charge < -0.3 is 5.32 Å². The van der Waals surface area contributed by atoms with E-state index in [9.17, 15) is 4.79 Å². The van der Waals surface area contributed by atoms with Gasteiger partial charge in [0.1, 0.15) is 0 Å². The van der Waals surface area contributed by atoms with Crippen molar-refractivity contribution in [1.29, 1.82) is 0 Å². The molecule has 1 aromatic heterocycles. The molecular formula is C11H18N2OS2. The van der Waals surface area contributed by atoms with E-state index in [2.05, 4.69) is 17.2 Å². The van der Waals surface area contributed by atoms with Crippen LogP contribution in [0, 0.1) is 6.92 Å². The lowest BCUT2D eigenvalue weighted by atomic mass is 10.4. The van der Waals surface area contributed by atoms with Gasteiger partial charge in [-0.25, -0.2) is 4.98 Å². The Morgan fingerprint density at radius 3 is 3.00 bits per heavy atom. The van der Waals surface area contributed by atoms with E-state index in [1.807, 2.05) is 13.8 Å². The third kappa shape index (κ3) is 4.53. The zero-order valence-corrected chi connectivity index (χ0v) is 11.6. The number of unbranched alkanes of at least 4 members (excludes halogenated alkanes) is 1. The third-order valence-corrected chi connectivity index (χ3v) is 4.15. The molecular weight excluding hydrogens is 240 g/mol. The minimum atomic E-state index is -0.00393. The number of anilines is 1. The first-order chi connectivity index (χ1) is 7.63. The van der Waals surface area contributed by atoms with Gasteiger partial charge >= 0.3 is 0 Å². The Labute approximate surface area is 105 Å². The Balaban J connectivity index is 2.34. The third-order valence-electron chi connectivity index (χ3n) is 2.09. The molecule has 0 fully saturated rings. The number of hydrogen-bond acceptors (Lipinski definition) is 4. The van der Waals surface area contributed by atoms with Crippen molar-refractivity contribution in [2.24, 2.45) is 0 Å². The van der Waals surface area contributed by atoms with Crippen LogP contribution in [0.15, 0.2) is 6.20 Å². The van der Waals surface area contributed by atoms with Gasteiger partial charge in [-0.2, -0.15) is 0 Å². The average molecular weight is 258 g/mol. The summed E-state index contributed by atoms with van der Waals surface area (Å²) in [5.41, 5.74) is 0. The number of aryl methyl sites for hydroxylation is 1. The van der Waals surface area contributed by atoms with Crippen LogP contribution in [0.2, 0.25) is 0 Å². The predicted octanol–water partition coefficient (Wildman–Crippen LogP) is 3.31. The first-order valence-corrected chi connectivity index (χ1v) is 7.35. The summed E-state index contributed by atoms with van der Waals surface area (Å²) in [7, 11) is 0. The van der Waals surface area contributed by atoms with Crippen LogP contribution in [0.1, 0.15) is 31.6 Å². The van der Waals surface area contributed by atoms with Crippen molar-refractivity contribution in [2.75, 3.05) is 11.1 Å². The Morgan fingerprint density at radius 1 is 1.69 bits per heavy atom. The van der Waals surface area contributed by atoms with Gasteiger partial charge in [0.15, 0.2) is 5.13 Å². The van der Waals surface area contributed by atoms with Crippen LogP contribution in [-0.2, 0) is 4.79 Å². The van der Waals surface area contributed by atoms with Crippen LogP contribution in [0.3, 0.4) is 0 Å². The van der Waals surface area contributed by atoms with Crippen molar-refractivity contribution in [1.82, 2.24) is 4.98 Å². The molecule has 0 saturated carbocycles. The number of rotatable bonds is 6. The highest BCUT2D eigenvalue weighted by Crippen LogP contribution is 2.19. The van der Waals surface area contributed by atoms with Crippen molar-refractivity contribution in [3.05, 3.63) is 11.1 Å². The number of nitrogens with zero attached hydrogens (tertiary/aromatic N) is 1. The molecule has 0 saturated heterocycles. The molecule has 1 heterocycles. The van der Waals surface area contributed by atoms with Crippen LogP contribution < -0.4 is 5.32 Å². The minimum absolute atomic E-state index is 0.00393. The SMILES string of the molecule is CCCCSC(C)C(=O)Nc1ncc(C)s1. The van der Waals surface area contributed by atoms with E-state index in [-0.39, 0.29) is 11.2 Å². The quantitative estimate of drug-likeness (QED) is 0.796. The fraction of sp³-hybridized carbons (Fsp3) is 0.636. The lowest BCUT2D eigenvalue weighted by Gasteiger charge is -2.09. The smallest absolute Gasteiger partial charge is 0.238 e. The van der Waals surface area contributed by atoms with Crippen molar-refractivity contribution < 1.29 is 4.79 Å². The molecule has 1 unspecified atom stereocenters. The number of aromatic nitrogens is 1. The maximum Gasteiger partial charge on any atom is 0.238 e. The van der Waals surface area contributed by atoms with Crippen molar-refractivity contribution in [2.45, 2.75) is 38.9 Å². The van der Waals surface area contributed by atoms with E-state index >= 15 is 0 Å². The number of hydrogen-bond donors (Lipinski definition) is 1. The summed E-state index contributed by atoms with van der Waals surface area (Å²) < 4.78 is 0. The lowest BCUT2D eigenvalue weighted by molar-refractivity contribution is -0.115. The Bertz CT molecular complexity index is 338. The van der Waals surface area contributed by atoms with Gasteiger partial charge in [0.25, 0.3) is 0 Å². The fourth-order valence-corrected chi connectivity index (χ4v) is 2.79. The number of nitrogens with one attached hydrogen (secondary N) is 1. The minimum Gasteiger partial charge on any atom is -0.301 e. The second kappa shape index (κ2) is 6.91. The van der Waals surface area contributed by atoms with Gasteiger partial charge in [0, 0.05) is 11.1 Å². The zero-order chi connectivity index (χ0) is 12.0. The molecule has 0 aliphatic heterocycles. The van der Waals surface area contributed by atoms with Gasteiger partial charge in [-0.15, -0.1) is 23.1 Å². The Morgan fingerprint density at radius 2 is 2.44 bits per heavy atom. The van der Waals surface area contributed by atoms with E-state index < -0.39 is 0 Å². The number of carbonyl (C=O) groups is 1. The van der Waals surface area contributed by atoms with Crippen LogP contribution in [0.5, 0.6) is 0 Å². The summed E-state index contributed by atoms with van der Waals surface area (Å²) in [6, 6.07) is 0. The highest BCUT2D eigenvalue weighted by atomic mass is 32.2. The molecule has 0 aliphatic rings. The van der Waals surface area contributed by atoms with Crippen LogP contribution >= 0.6 is 23.1 Å². The van der Waals surface area contributed by atoms with Crippen molar-refractivity contribution >= 4 is 34.1 Å². The molecule has 3 nitrogen and oxygen atoms in total. The molecule has 16 heavy (non-hydrogen) atoms. The first kappa shape index (κ1) is 13.5. The average Bonchev–Trinajstić information content (AvgIpc) is 2.64. The largest absolute Gasteiger partial charge is 0.301 e. The number of thiazole rings is 1. The molecule has 0 aliphatic carbocycles. The zero-order valence-electron chi connectivity index (χ0n) is 9.95. The van der Waals surface area contributed by atoms with Gasteiger partial charge in [-0.05, 0) is 26.0 Å². The second-order valence-corrected chi connectivity index (χ2v) is 6.32. The molecule has 5 heteroatoms. The Hall–Kier alpha value is -0.550. The second-order valence-electron chi connectivity index (χ2n) is 3.63. The lowest BCUT2D eigenvalue weighted by Crippen LogP contribution is -2.22. The fourth-order valence-electron chi connectivity index (χ4n) is 1.10. The maximum atomic E-state index is 11.8. The van der Waals surface area contributed by atoms with E-state index in [1.165, 1.54) is 24.2 Å². The van der Waals surface area contributed by atoms with Gasteiger partial charge in [0.2, 0.25) is 5.91 Å². The van der Waals surface area contributed by atoms with Crippen LogP contribution in [0.4, 0.5) is 5.13 Å². The maximum absolute atomic E-state index is 11.8. The summed E-state index contributed by atoms with van der Waals surface area (Å²) >= 11 is 3.21. The van der Waals surface area contributed by atoms with Crippen LogP contribution in [0.25, 0.3) is 0 Å². The molecule has 1 rings (SSSR count). The molecule has 1 aromatic rings. The highest BCUT2D eigenvalue weighted by Gasteiger charge is 2.14. The Kier molecular flexibility index (Phi) is 5.84. The van der Waals surface area contributed by atoms with Crippen LogP contribution in [-0.4, -0.2) is 21.9 Å². The number of thioether (sulfide) groups is 1. The standard InChI is InChI=1S/C11H18N2OS2/c1-4-5-6-15-9(3)10(14)13-11-12-7-8(2)16-11/h7,9H,4-6H2,1-3H3,(H,12,13,14). The first-order valence-electron chi connectivity index (χ1n) is 5.48. The van der Waals surface area contributed by atoms with Crippen molar-refractivity contribution in [3.63, 3.8) is 0 Å². The number of amides is 1. The van der Waals surface area contributed by atoms with Gasteiger partial charge in [-0.3, -0.25) is 4.79 Å². The summed E-state index contributed by atoms with van der Waals surface area (Å²) in [5.74, 6) is 1.09. The van der Waals surface area contributed by atoms with E-state index in [4.69, 9.17) is 0 Å². The summed E-state index contributed by atoms with van der Waals surface area (Å²) in [5, 5.41) is 3.53. The van der Waals surface area contributed by atoms with Gasteiger partial charge in [0.05, 0.1) is 5.25 Å². The summed E-state index contributed by atoms with van der Waals surface area (Å²) in [6.07, 6.45) is 4.11. The van der Waals surface area contributed by atoms with Crippen molar-refractivity contribution in [3.8, 4) is 0 Å². The summed E-state index contributed by atoms with van der Waals surface area (Å²) in [6.45, 7) is 6.08. The highest BCUT2D eigenvalue weighted by molar-refractivity contribution is 8.00. The molecule has 90 valence electrons. The predicted molar refractivity (Wildman–Crippen MR) is 72.3 cm³/mol.